The van der Waals surface area contributed by atoms with Gasteiger partial charge in [-0.3, -0.25) is 0 Å². The summed E-state index contributed by atoms with van der Waals surface area (Å²) in [7, 11) is -1.06. The lowest BCUT2D eigenvalue weighted by atomic mass is 9.97. The molecule has 2 heteroatoms. The van der Waals surface area contributed by atoms with Crippen LogP contribution in [0.1, 0.15) is 11.1 Å². The van der Waals surface area contributed by atoms with Gasteiger partial charge in [-0.25, -0.2) is 0 Å². The minimum atomic E-state index is -0.528. The maximum atomic E-state index is 2.34. The van der Waals surface area contributed by atoms with E-state index >= 15 is 0 Å². The maximum Gasteiger partial charge on any atom is 0.00136 e. The van der Waals surface area contributed by atoms with Crippen molar-refractivity contribution >= 4 is 37.1 Å². The Morgan fingerprint density at radius 1 is 0.275 bits per heavy atom. The van der Waals surface area contributed by atoms with Crippen molar-refractivity contribution in [2.75, 3.05) is 0 Å². The average Bonchev–Trinajstić information content (AvgIpc) is 3.04. The molecule has 0 unspecified atom stereocenters. The van der Waals surface area contributed by atoms with Crippen LogP contribution in [0.3, 0.4) is 0 Å². The highest BCUT2D eigenvalue weighted by molar-refractivity contribution is 7.72. The van der Waals surface area contributed by atoms with Crippen LogP contribution in [0, 0.1) is 0 Å². The zero-order valence-electron chi connectivity index (χ0n) is 22.5. The molecule has 6 aromatic carbocycles. The minimum absolute atomic E-state index is 0.528. The van der Waals surface area contributed by atoms with E-state index < -0.39 is 15.8 Å². The zero-order valence-corrected chi connectivity index (χ0v) is 24.3. The second-order valence-corrected chi connectivity index (χ2v) is 14.2. The molecule has 0 spiro atoms. The minimum Gasteiger partial charge on any atom is -0.0622 e. The molecule has 0 bridgehead atoms. The Morgan fingerprint density at radius 3 is 0.825 bits per heavy atom. The summed E-state index contributed by atoms with van der Waals surface area (Å²) in [6, 6.07) is 62.3. The van der Waals surface area contributed by atoms with Crippen molar-refractivity contribution in [3.8, 4) is 11.1 Å². The summed E-state index contributed by atoms with van der Waals surface area (Å²) in [5.41, 5.74) is 5.54. The Bertz CT molecular complexity index is 1430. The fraction of sp³-hybridized carbons (Fsp3) is 0.0526. The molecular formula is C38H32P2. The molecule has 0 nitrogen and oxygen atoms in total. The molecule has 6 aromatic rings. The summed E-state index contributed by atoms with van der Waals surface area (Å²) in [5.74, 6) is 0. The fourth-order valence-corrected chi connectivity index (χ4v) is 9.97. The molecule has 0 aliphatic rings. The highest BCUT2D eigenvalue weighted by atomic mass is 31.1. The van der Waals surface area contributed by atoms with E-state index in [2.05, 4.69) is 170 Å². The standard InChI is InChI=1S/C38H32P2/c1-5-19-33(20-6-1)39(34-21-7-2-8-22-34)29-31-17-13-15-27-37(31)38-28-16-14-18-32(38)30-40(35-23-9-3-10-24-35)36-25-11-4-12-26-36/h1-28H,29-30H2. The van der Waals surface area contributed by atoms with E-state index in [1.807, 2.05) is 0 Å². The smallest absolute Gasteiger partial charge is 0.00136 e. The lowest BCUT2D eigenvalue weighted by Gasteiger charge is -2.23. The predicted octanol–water partition coefficient (Wildman–Crippen LogP) is 8.62. The van der Waals surface area contributed by atoms with Gasteiger partial charge in [-0.2, -0.15) is 0 Å². The monoisotopic (exact) mass is 550 g/mol. The van der Waals surface area contributed by atoms with Gasteiger partial charge in [0.15, 0.2) is 0 Å². The molecule has 0 radical (unpaired) electrons. The Labute approximate surface area is 240 Å². The highest BCUT2D eigenvalue weighted by Crippen LogP contribution is 2.44. The Kier molecular flexibility index (Phi) is 8.60. The van der Waals surface area contributed by atoms with Gasteiger partial charge in [0.2, 0.25) is 0 Å². The molecule has 0 aromatic heterocycles. The molecule has 0 N–H and O–H groups in total. The summed E-state index contributed by atoms with van der Waals surface area (Å²) in [4.78, 5) is 0. The third-order valence-corrected chi connectivity index (χ3v) is 12.3. The van der Waals surface area contributed by atoms with Crippen molar-refractivity contribution < 1.29 is 0 Å². The average molecular weight is 551 g/mol. The summed E-state index contributed by atoms with van der Waals surface area (Å²) in [6.07, 6.45) is 2.03. The van der Waals surface area contributed by atoms with Crippen molar-refractivity contribution in [2.24, 2.45) is 0 Å². The topological polar surface area (TPSA) is 0 Å². The molecular weight excluding hydrogens is 518 g/mol. The van der Waals surface area contributed by atoms with Crippen LogP contribution < -0.4 is 21.2 Å². The summed E-state index contributed by atoms with van der Waals surface area (Å²) in [6.45, 7) is 0. The summed E-state index contributed by atoms with van der Waals surface area (Å²) >= 11 is 0. The third-order valence-electron chi connectivity index (χ3n) is 7.25. The number of rotatable bonds is 9. The number of benzene rings is 6. The van der Waals surface area contributed by atoms with Crippen LogP contribution in [-0.2, 0) is 12.3 Å². The highest BCUT2D eigenvalue weighted by Gasteiger charge is 2.20. The van der Waals surface area contributed by atoms with Gasteiger partial charge in [-0.15, -0.1) is 0 Å². The van der Waals surface area contributed by atoms with Crippen molar-refractivity contribution in [3.63, 3.8) is 0 Å². The van der Waals surface area contributed by atoms with Gasteiger partial charge in [0, 0.05) is 12.3 Å². The first-order valence-corrected chi connectivity index (χ1v) is 16.8. The van der Waals surface area contributed by atoms with E-state index in [9.17, 15) is 0 Å². The Hall–Kier alpha value is -3.82. The molecule has 0 saturated heterocycles. The van der Waals surface area contributed by atoms with Crippen LogP contribution in [0.4, 0.5) is 0 Å². The molecule has 0 aliphatic carbocycles. The van der Waals surface area contributed by atoms with E-state index in [-0.39, 0.29) is 0 Å². The van der Waals surface area contributed by atoms with E-state index in [1.54, 1.807) is 0 Å². The predicted molar refractivity (Wildman–Crippen MR) is 177 cm³/mol. The normalized spacial score (nSPS) is 11.2. The third kappa shape index (κ3) is 6.16. The quantitative estimate of drug-likeness (QED) is 0.158. The van der Waals surface area contributed by atoms with E-state index in [0.717, 1.165) is 12.3 Å². The van der Waals surface area contributed by atoms with E-state index in [4.69, 9.17) is 0 Å². The van der Waals surface area contributed by atoms with Crippen molar-refractivity contribution in [1.29, 1.82) is 0 Å². The lowest BCUT2D eigenvalue weighted by molar-refractivity contribution is 1.35. The number of hydrogen-bond acceptors (Lipinski definition) is 0. The molecule has 0 heterocycles. The van der Waals surface area contributed by atoms with Crippen molar-refractivity contribution in [1.82, 2.24) is 0 Å². The second kappa shape index (κ2) is 13.0. The van der Waals surface area contributed by atoms with Gasteiger partial charge in [0.1, 0.15) is 0 Å². The first kappa shape index (κ1) is 26.4. The van der Waals surface area contributed by atoms with Gasteiger partial charge in [0.25, 0.3) is 0 Å². The molecule has 0 atom stereocenters. The summed E-state index contributed by atoms with van der Waals surface area (Å²) < 4.78 is 0. The van der Waals surface area contributed by atoms with Gasteiger partial charge < -0.3 is 0 Å². The Balaban J connectivity index is 1.40. The SMILES string of the molecule is c1ccc(P(Cc2ccccc2-c2ccccc2CP(c2ccccc2)c2ccccc2)c2ccccc2)cc1. The molecule has 0 saturated carbocycles. The first-order valence-electron chi connectivity index (χ1n) is 13.8. The molecule has 0 amide bonds. The van der Waals surface area contributed by atoms with Crippen molar-refractivity contribution in [3.05, 3.63) is 181 Å². The second-order valence-electron chi connectivity index (χ2n) is 9.83. The van der Waals surface area contributed by atoms with Crippen LogP contribution in [-0.4, -0.2) is 0 Å². The maximum absolute atomic E-state index is 2.34. The lowest BCUT2D eigenvalue weighted by Crippen LogP contribution is -2.14. The first-order chi connectivity index (χ1) is 19.9. The van der Waals surface area contributed by atoms with Gasteiger partial charge >= 0.3 is 0 Å². The van der Waals surface area contributed by atoms with Gasteiger partial charge in [0.05, 0.1) is 0 Å². The molecule has 6 rings (SSSR count). The van der Waals surface area contributed by atoms with Gasteiger partial charge in [-0.05, 0) is 59.3 Å². The summed E-state index contributed by atoms with van der Waals surface area (Å²) in [5, 5.41) is 5.68. The zero-order chi connectivity index (χ0) is 27.0. The molecule has 194 valence electrons. The van der Waals surface area contributed by atoms with E-state index in [1.165, 1.54) is 43.5 Å². The van der Waals surface area contributed by atoms with Crippen LogP contribution in [0.25, 0.3) is 11.1 Å². The van der Waals surface area contributed by atoms with Crippen LogP contribution in [0.5, 0.6) is 0 Å². The number of hydrogen-bond donors (Lipinski definition) is 0. The fourth-order valence-electron chi connectivity index (χ4n) is 5.28. The molecule has 0 fully saturated rings. The van der Waals surface area contributed by atoms with Crippen LogP contribution in [0.2, 0.25) is 0 Å². The van der Waals surface area contributed by atoms with Gasteiger partial charge in [-0.1, -0.05) is 170 Å². The largest absolute Gasteiger partial charge is 0.0622 e. The van der Waals surface area contributed by atoms with E-state index in [0.29, 0.717) is 0 Å². The Morgan fingerprint density at radius 2 is 0.525 bits per heavy atom. The van der Waals surface area contributed by atoms with Crippen LogP contribution >= 0.6 is 15.8 Å². The molecule has 40 heavy (non-hydrogen) atoms. The molecule has 0 aliphatic heterocycles. The van der Waals surface area contributed by atoms with Crippen LogP contribution in [0.15, 0.2) is 170 Å². The van der Waals surface area contributed by atoms with Crippen molar-refractivity contribution in [2.45, 2.75) is 12.3 Å².